The minimum absolute atomic E-state index is 0.111. The molecule has 0 unspecified atom stereocenters. The van der Waals surface area contributed by atoms with Gasteiger partial charge in [0.1, 0.15) is 5.82 Å². The number of carbonyl (C=O) groups is 1. The van der Waals surface area contributed by atoms with Crippen molar-refractivity contribution in [2.45, 2.75) is 13.8 Å². The smallest absolute Gasteiger partial charge is 0.255 e. The molecule has 1 aromatic heterocycles. The maximum absolute atomic E-state index is 12.2. The Morgan fingerprint density at radius 1 is 1.16 bits per heavy atom. The maximum atomic E-state index is 12.2. The van der Waals surface area contributed by atoms with E-state index in [1.807, 2.05) is 44.2 Å². The average Bonchev–Trinajstić information content (AvgIpc) is 2.42. The zero-order valence-corrected chi connectivity index (χ0v) is 11.3. The molecule has 1 aromatic carbocycles. The van der Waals surface area contributed by atoms with Crippen LogP contribution in [0.15, 0.2) is 36.5 Å². The molecule has 0 aliphatic heterocycles. The van der Waals surface area contributed by atoms with Crippen molar-refractivity contribution < 1.29 is 4.79 Å². The summed E-state index contributed by atoms with van der Waals surface area (Å²) in [6, 6.07) is 9.47. The third-order valence-corrected chi connectivity index (χ3v) is 2.92. The molecule has 2 N–H and O–H groups in total. The van der Waals surface area contributed by atoms with Crippen LogP contribution < -0.4 is 10.6 Å². The molecule has 1 amide bonds. The molecule has 0 spiro atoms. The van der Waals surface area contributed by atoms with Crippen molar-refractivity contribution in [2.24, 2.45) is 0 Å². The third kappa shape index (κ3) is 3.10. The molecule has 2 aromatic rings. The van der Waals surface area contributed by atoms with E-state index >= 15 is 0 Å². The van der Waals surface area contributed by atoms with Gasteiger partial charge in [0, 0.05) is 12.6 Å². The predicted octanol–water partition coefficient (Wildman–Crippen LogP) is 2.99. The average molecular weight is 255 g/mol. The largest absolute Gasteiger partial charge is 0.373 e. The van der Waals surface area contributed by atoms with Crippen LogP contribution in [-0.4, -0.2) is 17.9 Å². The van der Waals surface area contributed by atoms with Crippen molar-refractivity contribution in [3.63, 3.8) is 0 Å². The molecule has 0 bridgehead atoms. The van der Waals surface area contributed by atoms with Gasteiger partial charge in [-0.25, -0.2) is 4.98 Å². The Bertz CT molecular complexity index is 591. The normalized spacial score (nSPS) is 10.1. The maximum Gasteiger partial charge on any atom is 0.255 e. The van der Waals surface area contributed by atoms with E-state index in [0.717, 1.165) is 16.9 Å². The minimum Gasteiger partial charge on any atom is -0.373 e. The number of aromatic nitrogens is 1. The number of anilines is 2. The van der Waals surface area contributed by atoms with Crippen LogP contribution in [0.1, 0.15) is 21.5 Å². The number of nitrogens with one attached hydrogen (secondary N) is 2. The third-order valence-electron chi connectivity index (χ3n) is 2.92. The molecule has 4 nitrogen and oxygen atoms in total. The summed E-state index contributed by atoms with van der Waals surface area (Å²) in [6.07, 6.45) is 1.63. The lowest BCUT2D eigenvalue weighted by Gasteiger charge is -2.09. The zero-order chi connectivity index (χ0) is 13.8. The number of hydrogen-bond acceptors (Lipinski definition) is 3. The van der Waals surface area contributed by atoms with Gasteiger partial charge < -0.3 is 10.6 Å². The SMILES string of the molecule is CNc1ccc(NC(=O)c2cc(C)ccc2C)cn1. The molecule has 0 radical (unpaired) electrons. The van der Waals surface area contributed by atoms with E-state index in [0.29, 0.717) is 11.3 Å². The van der Waals surface area contributed by atoms with Gasteiger partial charge in [-0.3, -0.25) is 4.79 Å². The van der Waals surface area contributed by atoms with Gasteiger partial charge in [0.15, 0.2) is 0 Å². The predicted molar refractivity (Wildman–Crippen MR) is 77.7 cm³/mol. The first-order valence-corrected chi connectivity index (χ1v) is 6.12. The molecule has 0 aliphatic rings. The number of pyridine rings is 1. The molecule has 2 rings (SSSR count). The van der Waals surface area contributed by atoms with Crippen molar-refractivity contribution in [3.05, 3.63) is 53.2 Å². The highest BCUT2D eigenvalue weighted by atomic mass is 16.1. The summed E-state index contributed by atoms with van der Waals surface area (Å²) >= 11 is 0. The summed E-state index contributed by atoms with van der Waals surface area (Å²) in [5.41, 5.74) is 3.41. The zero-order valence-electron chi connectivity index (χ0n) is 11.3. The molecule has 0 saturated heterocycles. The van der Waals surface area contributed by atoms with Gasteiger partial charge in [-0.1, -0.05) is 17.7 Å². The highest BCUT2D eigenvalue weighted by molar-refractivity contribution is 6.05. The summed E-state index contributed by atoms with van der Waals surface area (Å²) in [5.74, 6) is 0.657. The van der Waals surface area contributed by atoms with E-state index in [1.54, 1.807) is 13.2 Å². The Morgan fingerprint density at radius 3 is 2.58 bits per heavy atom. The number of benzene rings is 1. The van der Waals surface area contributed by atoms with Gasteiger partial charge in [-0.05, 0) is 37.6 Å². The number of hydrogen-bond donors (Lipinski definition) is 2. The van der Waals surface area contributed by atoms with E-state index in [2.05, 4.69) is 15.6 Å². The number of amides is 1. The Labute approximate surface area is 112 Å². The van der Waals surface area contributed by atoms with Crippen molar-refractivity contribution in [1.29, 1.82) is 0 Å². The lowest BCUT2D eigenvalue weighted by atomic mass is 10.1. The molecule has 1 heterocycles. The first-order chi connectivity index (χ1) is 9.10. The van der Waals surface area contributed by atoms with E-state index < -0.39 is 0 Å². The second kappa shape index (κ2) is 5.52. The summed E-state index contributed by atoms with van der Waals surface area (Å²) in [5, 5.41) is 5.78. The fraction of sp³-hybridized carbons (Fsp3) is 0.200. The molecule has 19 heavy (non-hydrogen) atoms. The second-order valence-electron chi connectivity index (χ2n) is 4.45. The standard InChI is InChI=1S/C15H17N3O/c1-10-4-5-11(2)13(8-10)15(19)18-12-6-7-14(16-3)17-9-12/h4-9H,1-3H3,(H,16,17)(H,18,19). The van der Waals surface area contributed by atoms with Crippen molar-refractivity contribution >= 4 is 17.4 Å². The molecule has 0 saturated carbocycles. The van der Waals surface area contributed by atoms with E-state index in [1.165, 1.54) is 0 Å². The Morgan fingerprint density at radius 2 is 1.95 bits per heavy atom. The first kappa shape index (κ1) is 13.1. The van der Waals surface area contributed by atoms with Gasteiger partial charge in [0.25, 0.3) is 5.91 Å². The lowest BCUT2D eigenvalue weighted by Crippen LogP contribution is -2.13. The fourth-order valence-electron chi connectivity index (χ4n) is 1.79. The minimum atomic E-state index is -0.111. The monoisotopic (exact) mass is 255 g/mol. The molecular formula is C15H17N3O. The quantitative estimate of drug-likeness (QED) is 0.886. The second-order valence-corrected chi connectivity index (χ2v) is 4.45. The van der Waals surface area contributed by atoms with Crippen LogP contribution in [0.4, 0.5) is 11.5 Å². The molecule has 98 valence electrons. The van der Waals surface area contributed by atoms with Crippen LogP contribution in [0.2, 0.25) is 0 Å². The number of aryl methyl sites for hydroxylation is 2. The van der Waals surface area contributed by atoms with Crippen molar-refractivity contribution in [3.8, 4) is 0 Å². The summed E-state index contributed by atoms with van der Waals surface area (Å²) in [4.78, 5) is 16.3. The van der Waals surface area contributed by atoms with Gasteiger partial charge in [-0.15, -0.1) is 0 Å². The Kier molecular flexibility index (Phi) is 3.80. The molecule has 4 heteroatoms. The topological polar surface area (TPSA) is 54.0 Å². The van der Waals surface area contributed by atoms with Crippen LogP contribution in [-0.2, 0) is 0 Å². The van der Waals surface area contributed by atoms with Crippen LogP contribution in [0.5, 0.6) is 0 Å². The lowest BCUT2D eigenvalue weighted by molar-refractivity contribution is 0.102. The number of carbonyl (C=O) groups excluding carboxylic acids is 1. The van der Waals surface area contributed by atoms with Gasteiger partial charge in [0.2, 0.25) is 0 Å². The number of nitrogens with zero attached hydrogens (tertiary/aromatic N) is 1. The van der Waals surface area contributed by atoms with Gasteiger partial charge >= 0.3 is 0 Å². The van der Waals surface area contributed by atoms with E-state index in [4.69, 9.17) is 0 Å². The van der Waals surface area contributed by atoms with Crippen LogP contribution in [0.25, 0.3) is 0 Å². The first-order valence-electron chi connectivity index (χ1n) is 6.12. The highest BCUT2D eigenvalue weighted by Gasteiger charge is 2.09. The molecular weight excluding hydrogens is 238 g/mol. The van der Waals surface area contributed by atoms with Gasteiger partial charge in [0.05, 0.1) is 11.9 Å². The Hall–Kier alpha value is -2.36. The fourth-order valence-corrected chi connectivity index (χ4v) is 1.79. The van der Waals surface area contributed by atoms with E-state index in [9.17, 15) is 4.79 Å². The molecule has 0 fully saturated rings. The van der Waals surface area contributed by atoms with Gasteiger partial charge in [-0.2, -0.15) is 0 Å². The summed E-state index contributed by atoms with van der Waals surface area (Å²) in [6.45, 7) is 3.90. The summed E-state index contributed by atoms with van der Waals surface area (Å²) in [7, 11) is 1.80. The summed E-state index contributed by atoms with van der Waals surface area (Å²) < 4.78 is 0. The van der Waals surface area contributed by atoms with Crippen LogP contribution >= 0.6 is 0 Å². The van der Waals surface area contributed by atoms with Crippen LogP contribution in [0.3, 0.4) is 0 Å². The highest BCUT2D eigenvalue weighted by Crippen LogP contribution is 2.14. The van der Waals surface area contributed by atoms with Crippen molar-refractivity contribution in [2.75, 3.05) is 17.7 Å². The Balaban J connectivity index is 2.18. The molecule has 0 atom stereocenters. The van der Waals surface area contributed by atoms with Crippen LogP contribution in [0, 0.1) is 13.8 Å². The number of rotatable bonds is 3. The van der Waals surface area contributed by atoms with E-state index in [-0.39, 0.29) is 5.91 Å². The molecule has 0 aliphatic carbocycles. The van der Waals surface area contributed by atoms with Crippen molar-refractivity contribution in [1.82, 2.24) is 4.98 Å².